The molecule has 62 heavy (non-hydrogen) atoms. The van der Waals surface area contributed by atoms with E-state index >= 15 is 0 Å². The van der Waals surface area contributed by atoms with E-state index in [0.29, 0.717) is 0 Å². The number of carbonyl (C=O) groups is 3. The van der Waals surface area contributed by atoms with Crippen molar-refractivity contribution in [3.05, 3.63) is 0 Å². The van der Waals surface area contributed by atoms with E-state index in [4.69, 9.17) is 14.2 Å². The van der Waals surface area contributed by atoms with Gasteiger partial charge >= 0.3 is 17.9 Å². The second-order valence-corrected chi connectivity index (χ2v) is 21.7. The van der Waals surface area contributed by atoms with Crippen LogP contribution in [0.25, 0.3) is 0 Å². The highest BCUT2D eigenvalue weighted by Crippen LogP contribution is 2.41. The highest BCUT2D eigenvalue weighted by molar-refractivity contribution is 5.76. The summed E-state index contributed by atoms with van der Waals surface area (Å²) in [5.41, 5.74) is -1.10. The summed E-state index contributed by atoms with van der Waals surface area (Å²) in [5.74, 6) is 0.112. The van der Waals surface area contributed by atoms with Gasteiger partial charge in [-0.25, -0.2) is 0 Å². The van der Waals surface area contributed by atoms with Crippen LogP contribution >= 0.6 is 0 Å². The molecule has 0 aromatic carbocycles. The van der Waals surface area contributed by atoms with Crippen LogP contribution in [0, 0.1) is 16.7 Å². The number of esters is 3. The Morgan fingerprint density at radius 2 is 0.694 bits per heavy atom. The third kappa shape index (κ3) is 23.0. The number of hydrogen-bond donors (Lipinski definition) is 0. The van der Waals surface area contributed by atoms with Crippen LogP contribution in [-0.2, 0) is 28.6 Å². The molecular formula is C56H106O6. The fraction of sp³-hybridized carbons (Fsp3) is 0.946. The van der Waals surface area contributed by atoms with Crippen molar-refractivity contribution in [3.63, 3.8) is 0 Å². The second kappa shape index (κ2) is 32.1. The number of carbonyl (C=O) groups excluding carboxylic acids is 3. The number of ether oxygens (including phenoxy) is 3. The minimum absolute atomic E-state index is 0.0143. The number of rotatable bonds is 27. The predicted molar refractivity (Wildman–Crippen MR) is 263 cm³/mol. The summed E-state index contributed by atoms with van der Waals surface area (Å²) in [6.07, 6.45) is 42.8. The minimum atomic E-state index is -0.347. The molecule has 6 heteroatoms. The Kier molecular flexibility index (Phi) is 30.3. The minimum Gasteiger partial charge on any atom is -0.459 e. The van der Waals surface area contributed by atoms with Gasteiger partial charge in [0.1, 0.15) is 16.8 Å². The van der Waals surface area contributed by atoms with Crippen molar-refractivity contribution in [2.24, 2.45) is 16.7 Å². The van der Waals surface area contributed by atoms with E-state index in [0.717, 1.165) is 77.0 Å². The van der Waals surface area contributed by atoms with Crippen molar-refractivity contribution in [1.29, 1.82) is 0 Å². The Morgan fingerprint density at radius 1 is 0.419 bits per heavy atom. The van der Waals surface area contributed by atoms with Gasteiger partial charge in [0, 0.05) is 0 Å². The maximum Gasteiger partial charge on any atom is 0.312 e. The fourth-order valence-corrected chi connectivity index (χ4v) is 9.39. The molecule has 0 saturated heterocycles. The molecule has 3 aliphatic rings. The third-order valence-corrected chi connectivity index (χ3v) is 15.3. The molecule has 0 spiro atoms. The molecule has 3 saturated carbocycles. The fourth-order valence-electron chi connectivity index (χ4n) is 9.39. The summed E-state index contributed by atoms with van der Waals surface area (Å²) in [6.45, 7) is 23.0. The average Bonchev–Trinajstić information content (AvgIpc) is 3.60. The molecule has 3 rings (SSSR count). The van der Waals surface area contributed by atoms with Crippen molar-refractivity contribution in [2.75, 3.05) is 0 Å². The summed E-state index contributed by atoms with van der Waals surface area (Å²) in [6, 6.07) is 0. The first-order valence-corrected chi connectivity index (χ1v) is 27.2. The van der Waals surface area contributed by atoms with Crippen LogP contribution in [0.5, 0.6) is 0 Å². The standard InChI is InChI=1S/C21H40O2.C19H36O2.C16H30O2/c1-5-7-8-9-10-13-16-21(17-14-11-12-15-18-21)23-19(22)20(3,4)6-2;1-5-7-8-9-11-14-19(15-12-10-13-16-19)21-17(20)18(3,4)6-2;1-4-6-7-8-11-16(12-9-10-13-16)18-15(17)14(3)5-2/h5-18H2,1-4H3;5-16H2,1-4H3;14H,4-13H2,1-3H3. The summed E-state index contributed by atoms with van der Waals surface area (Å²) >= 11 is 0. The van der Waals surface area contributed by atoms with Crippen molar-refractivity contribution < 1.29 is 28.6 Å². The highest BCUT2D eigenvalue weighted by atomic mass is 16.6. The monoisotopic (exact) mass is 875 g/mol. The summed E-state index contributed by atoms with van der Waals surface area (Å²) in [7, 11) is 0. The molecule has 0 aliphatic heterocycles. The number of unbranched alkanes of at least 4 members (excludes halogenated alkanes) is 12. The highest BCUT2D eigenvalue weighted by Gasteiger charge is 2.41. The Morgan fingerprint density at radius 3 is 1.02 bits per heavy atom. The smallest absolute Gasteiger partial charge is 0.312 e. The maximum absolute atomic E-state index is 12.6. The first kappa shape index (κ1) is 58.4. The SMILES string of the molecule is CCCCCCC1(OC(=O)C(C)CC)CCCC1.CCCCCCCC1(OC(=O)C(C)(C)CC)CCCCC1.CCCCCCCCC1(OC(=O)C(C)(C)CC)CCCCCC1. The molecule has 366 valence electrons. The lowest BCUT2D eigenvalue weighted by Gasteiger charge is -2.39. The lowest BCUT2D eigenvalue weighted by molar-refractivity contribution is -0.176. The molecular weight excluding hydrogens is 769 g/mol. The quantitative estimate of drug-likeness (QED) is 0.0354. The van der Waals surface area contributed by atoms with Crippen LogP contribution in [0.15, 0.2) is 0 Å². The Labute approximate surface area is 386 Å². The molecule has 0 bridgehead atoms. The van der Waals surface area contributed by atoms with Gasteiger partial charge in [-0.3, -0.25) is 14.4 Å². The van der Waals surface area contributed by atoms with Gasteiger partial charge in [-0.2, -0.15) is 0 Å². The van der Waals surface area contributed by atoms with Crippen LogP contribution in [0.4, 0.5) is 0 Å². The lowest BCUT2D eigenvalue weighted by atomic mass is 9.80. The second-order valence-electron chi connectivity index (χ2n) is 21.7. The van der Waals surface area contributed by atoms with Crippen molar-refractivity contribution in [2.45, 2.75) is 324 Å². The van der Waals surface area contributed by atoms with Crippen molar-refractivity contribution in [3.8, 4) is 0 Å². The van der Waals surface area contributed by atoms with Gasteiger partial charge < -0.3 is 14.2 Å². The van der Waals surface area contributed by atoms with Crippen LogP contribution in [0.1, 0.15) is 307 Å². The molecule has 1 atom stereocenters. The average molecular weight is 875 g/mol. The van der Waals surface area contributed by atoms with Gasteiger partial charge in [0.05, 0.1) is 16.7 Å². The molecule has 0 amide bonds. The predicted octanol–water partition coefficient (Wildman–Crippen LogP) is 17.7. The van der Waals surface area contributed by atoms with Crippen molar-refractivity contribution >= 4 is 17.9 Å². The van der Waals surface area contributed by atoms with E-state index in [9.17, 15) is 14.4 Å². The zero-order valence-electron chi connectivity index (χ0n) is 43.5. The summed E-state index contributed by atoms with van der Waals surface area (Å²) in [4.78, 5) is 37.1. The van der Waals surface area contributed by atoms with Crippen LogP contribution in [0.3, 0.4) is 0 Å². The van der Waals surface area contributed by atoms with Gasteiger partial charge in [-0.15, -0.1) is 0 Å². The molecule has 0 aromatic heterocycles. The Bertz CT molecular complexity index is 1150. The van der Waals surface area contributed by atoms with Gasteiger partial charge in [0.25, 0.3) is 0 Å². The van der Waals surface area contributed by atoms with Crippen molar-refractivity contribution in [1.82, 2.24) is 0 Å². The van der Waals surface area contributed by atoms with E-state index in [1.807, 2.05) is 34.6 Å². The van der Waals surface area contributed by atoms with E-state index < -0.39 is 0 Å². The topological polar surface area (TPSA) is 78.9 Å². The third-order valence-electron chi connectivity index (χ3n) is 15.3. The molecule has 3 aliphatic carbocycles. The van der Waals surface area contributed by atoms with Crippen LogP contribution < -0.4 is 0 Å². The largest absolute Gasteiger partial charge is 0.459 e. The zero-order chi connectivity index (χ0) is 46.4. The van der Waals surface area contributed by atoms with E-state index in [1.165, 1.54) is 154 Å². The Balaban J connectivity index is 0.000000468. The lowest BCUT2D eigenvalue weighted by Crippen LogP contribution is -2.41. The normalized spacial score (nSPS) is 18.8. The van der Waals surface area contributed by atoms with Gasteiger partial charge in [-0.1, -0.05) is 145 Å². The van der Waals surface area contributed by atoms with Crippen LogP contribution in [0.2, 0.25) is 0 Å². The summed E-state index contributed by atoms with van der Waals surface area (Å²) < 4.78 is 18.2. The Hall–Kier alpha value is -1.59. The molecule has 1 unspecified atom stereocenters. The van der Waals surface area contributed by atoms with E-state index in [1.54, 1.807) is 0 Å². The zero-order valence-corrected chi connectivity index (χ0v) is 43.5. The maximum atomic E-state index is 12.6. The molecule has 0 radical (unpaired) electrons. The van der Waals surface area contributed by atoms with Gasteiger partial charge in [0.2, 0.25) is 0 Å². The number of hydrogen-bond acceptors (Lipinski definition) is 6. The molecule has 0 heterocycles. The molecule has 6 nitrogen and oxygen atoms in total. The van der Waals surface area contributed by atoms with Gasteiger partial charge in [-0.05, 0) is 163 Å². The summed E-state index contributed by atoms with van der Waals surface area (Å²) in [5, 5.41) is 0. The molecule has 3 fully saturated rings. The first-order valence-electron chi connectivity index (χ1n) is 27.2. The van der Waals surface area contributed by atoms with E-state index in [2.05, 4.69) is 41.5 Å². The first-order chi connectivity index (χ1) is 29.5. The van der Waals surface area contributed by atoms with E-state index in [-0.39, 0.29) is 51.5 Å². The van der Waals surface area contributed by atoms with Crippen LogP contribution in [-0.4, -0.2) is 34.7 Å². The molecule has 0 aromatic rings. The molecule has 0 N–H and O–H groups in total. The van der Waals surface area contributed by atoms with Gasteiger partial charge in [0.15, 0.2) is 0 Å².